The summed E-state index contributed by atoms with van der Waals surface area (Å²) in [5.74, 6) is 0.187. The number of carbonyl (C=O) groups excluding carboxylic acids is 1. The number of nitrogens with zero attached hydrogens (tertiary/aromatic N) is 1. The number of hydrogen-bond donors (Lipinski definition) is 3. The SMILES string of the molecule is CC(CCCO)NC(=O)C1CCCN1C1CCNCC1. The Bertz CT molecular complexity index is 305. The summed E-state index contributed by atoms with van der Waals surface area (Å²) in [6.07, 6.45) is 6.04. The molecule has 2 aliphatic rings. The van der Waals surface area contributed by atoms with Gasteiger partial charge in [0.05, 0.1) is 6.04 Å². The van der Waals surface area contributed by atoms with E-state index in [2.05, 4.69) is 15.5 Å². The van der Waals surface area contributed by atoms with E-state index in [0.717, 1.165) is 58.2 Å². The number of amides is 1. The molecule has 0 aliphatic carbocycles. The zero-order chi connectivity index (χ0) is 14.4. The van der Waals surface area contributed by atoms with Crippen LogP contribution < -0.4 is 10.6 Å². The van der Waals surface area contributed by atoms with E-state index in [0.29, 0.717) is 6.04 Å². The van der Waals surface area contributed by atoms with Gasteiger partial charge in [-0.3, -0.25) is 9.69 Å². The predicted octanol–water partition coefficient (Wildman–Crippen LogP) is 0.480. The highest BCUT2D eigenvalue weighted by atomic mass is 16.3. The van der Waals surface area contributed by atoms with E-state index in [-0.39, 0.29) is 24.6 Å². The molecule has 0 aromatic carbocycles. The Labute approximate surface area is 122 Å². The first-order chi connectivity index (χ1) is 9.72. The van der Waals surface area contributed by atoms with E-state index in [1.54, 1.807) is 0 Å². The molecule has 116 valence electrons. The third-order valence-electron chi connectivity index (χ3n) is 4.56. The number of likely N-dealkylation sites (tertiary alicyclic amines) is 1. The maximum atomic E-state index is 12.4. The molecule has 2 heterocycles. The number of nitrogens with one attached hydrogen (secondary N) is 2. The van der Waals surface area contributed by atoms with Gasteiger partial charge >= 0.3 is 0 Å². The second-order valence-electron chi connectivity index (χ2n) is 6.15. The van der Waals surface area contributed by atoms with Crippen LogP contribution in [-0.2, 0) is 4.79 Å². The zero-order valence-electron chi connectivity index (χ0n) is 12.6. The molecule has 2 saturated heterocycles. The Morgan fingerprint density at radius 1 is 1.40 bits per heavy atom. The van der Waals surface area contributed by atoms with Gasteiger partial charge in [-0.25, -0.2) is 0 Å². The molecule has 5 nitrogen and oxygen atoms in total. The van der Waals surface area contributed by atoms with Gasteiger partial charge in [0.1, 0.15) is 0 Å². The molecular weight excluding hydrogens is 254 g/mol. The first kappa shape index (κ1) is 15.7. The van der Waals surface area contributed by atoms with Crippen molar-refractivity contribution in [3.05, 3.63) is 0 Å². The van der Waals surface area contributed by atoms with E-state index < -0.39 is 0 Å². The van der Waals surface area contributed by atoms with E-state index >= 15 is 0 Å². The lowest BCUT2D eigenvalue weighted by Crippen LogP contribution is -2.52. The lowest BCUT2D eigenvalue weighted by Gasteiger charge is -2.35. The van der Waals surface area contributed by atoms with Gasteiger partial charge in [0.15, 0.2) is 0 Å². The smallest absolute Gasteiger partial charge is 0.237 e. The van der Waals surface area contributed by atoms with Crippen molar-refractivity contribution in [1.82, 2.24) is 15.5 Å². The zero-order valence-corrected chi connectivity index (χ0v) is 12.6. The lowest BCUT2D eigenvalue weighted by atomic mass is 10.0. The summed E-state index contributed by atoms with van der Waals surface area (Å²) in [7, 11) is 0. The van der Waals surface area contributed by atoms with Crippen molar-refractivity contribution >= 4 is 5.91 Å². The largest absolute Gasteiger partial charge is 0.396 e. The van der Waals surface area contributed by atoms with Crippen LogP contribution in [0.3, 0.4) is 0 Å². The van der Waals surface area contributed by atoms with Crippen LogP contribution in [0.25, 0.3) is 0 Å². The second kappa shape index (κ2) is 7.96. The van der Waals surface area contributed by atoms with Crippen molar-refractivity contribution < 1.29 is 9.90 Å². The monoisotopic (exact) mass is 283 g/mol. The predicted molar refractivity (Wildman–Crippen MR) is 79.5 cm³/mol. The molecule has 2 rings (SSSR count). The molecular formula is C15H29N3O2. The average Bonchev–Trinajstić information content (AvgIpc) is 2.95. The molecule has 0 aromatic heterocycles. The molecule has 2 unspecified atom stereocenters. The number of rotatable bonds is 6. The second-order valence-corrected chi connectivity index (χ2v) is 6.15. The summed E-state index contributed by atoms with van der Waals surface area (Å²) >= 11 is 0. The van der Waals surface area contributed by atoms with Crippen LogP contribution in [-0.4, -0.2) is 60.3 Å². The fourth-order valence-electron chi connectivity index (χ4n) is 3.45. The van der Waals surface area contributed by atoms with Gasteiger partial charge in [-0.05, 0) is 65.1 Å². The Morgan fingerprint density at radius 3 is 2.85 bits per heavy atom. The average molecular weight is 283 g/mol. The fraction of sp³-hybridized carbons (Fsp3) is 0.933. The van der Waals surface area contributed by atoms with E-state index in [9.17, 15) is 4.79 Å². The quantitative estimate of drug-likeness (QED) is 0.663. The molecule has 1 amide bonds. The third kappa shape index (κ3) is 4.17. The summed E-state index contributed by atoms with van der Waals surface area (Å²) in [6.45, 7) is 5.43. The lowest BCUT2D eigenvalue weighted by molar-refractivity contribution is -0.127. The highest BCUT2D eigenvalue weighted by Gasteiger charge is 2.35. The molecule has 2 aliphatic heterocycles. The molecule has 3 N–H and O–H groups in total. The highest BCUT2D eigenvalue weighted by molar-refractivity contribution is 5.82. The fourth-order valence-corrected chi connectivity index (χ4v) is 3.45. The first-order valence-electron chi connectivity index (χ1n) is 8.10. The number of aliphatic hydroxyl groups excluding tert-OH is 1. The number of hydrogen-bond acceptors (Lipinski definition) is 4. The summed E-state index contributed by atoms with van der Waals surface area (Å²) in [6, 6.07) is 0.794. The Balaban J connectivity index is 1.84. The molecule has 0 spiro atoms. The van der Waals surface area contributed by atoms with Crippen LogP contribution in [0.4, 0.5) is 0 Å². The maximum Gasteiger partial charge on any atom is 0.237 e. The van der Waals surface area contributed by atoms with Crippen LogP contribution in [0.15, 0.2) is 0 Å². The Hall–Kier alpha value is -0.650. The molecule has 20 heavy (non-hydrogen) atoms. The third-order valence-corrected chi connectivity index (χ3v) is 4.56. The highest BCUT2D eigenvalue weighted by Crippen LogP contribution is 2.24. The number of carbonyl (C=O) groups is 1. The van der Waals surface area contributed by atoms with Gasteiger partial charge in [0.25, 0.3) is 0 Å². The van der Waals surface area contributed by atoms with Gasteiger partial charge in [-0.1, -0.05) is 0 Å². The summed E-state index contributed by atoms with van der Waals surface area (Å²) in [4.78, 5) is 14.9. The topological polar surface area (TPSA) is 64.6 Å². The summed E-state index contributed by atoms with van der Waals surface area (Å²) < 4.78 is 0. The summed E-state index contributed by atoms with van der Waals surface area (Å²) in [5, 5.41) is 15.4. The van der Waals surface area contributed by atoms with Gasteiger partial charge in [-0.2, -0.15) is 0 Å². The van der Waals surface area contributed by atoms with Gasteiger partial charge in [0, 0.05) is 18.7 Å². The van der Waals surface area contributed by atoms with Gasteiger partial charge < -0.3 is 15.7 Å². The molecule has 5 heteroatoms. The molecule has 2 fully saturated rings. The molecule has 0 radical (unpaired) electrons. The maximum absolute atomic E-state index is 12.4. The first-order valence-corrected chi connectivity index (χ1v) is 8.10. The van der Waals surface area contributed by atoms with Crippen molar-refractivity contribution in [1.29, 1.82) is 0 Å². The van der Waals surface area contributed by atoms with Crippen molar-refractivity contribution in [3.8, 4) is 0 Å². The van der Waals surface area contributed by atoms with E-state index in [1.165, 1.54) is 0 Å². The van der Waals surface area contributed by atoms with Crippen molar-refractivity contribution in [2.45, 2.75) is 63.6 Å². The summed E-state index contributed by atoms with van der Waals surface area (Å²) in [5.41, 5.74) is 0. The van der Waals surface area contributed by atoms with Crippen LogP contribution in [0.1, 0.15) is 45.4 Å². The Morgan fingerprint density at radius 2 is 2.15 bits per heavy atom. The van der Waals surface area contributed by atoms with Crippen molar-refractivity contribution in [3.63, 3.8) is 0 Å². The molecule has 0 saturated carbocycles. The minimum Gasteiger partial charge on any atom is -0.396 e. The van der Waals surface area contributed by atoms with Crippen LogP contribution in [0, 0.1) is 0 Å². The van der Waals surface area contributed by atoms with E-state index in [1.807, 2.05) is 6.92 Å². The Kier molecular flexibility index (Phi) is 6.26. The van der Waals surface area contributed by atoms with Gasteiger partial charge in [0.2, 0.25) is 5.91 Å². The van der Waals surface area contributed by atoms with E-state index in [4.69, 9.17) is 5.11 Å². The molecule has 0 bridgehead atoms. The van der Waals surface area contributed by atoms with Crippen LogP contribution >= 0.6 is 0 Å². The van der Waals surface area contributed by atoms with Crippen molar-refractivity contribution in [2.75, 3.05) is 26.2 Å². The minimum absolute atomic E-state index is 0.0645. The van der Waals surface area contributed by atoms with Crippen LogP contribution in [0.5, 0.6) is 0 Å². The van der Waals surface area contributed by atoms with Gasteiger partial charge in [-0.15, -0.1) is 0 Å². The molecule has 2 atom stereocenters. The van der Waals surface area contributed by atoms with Crippen LogP contribution in [0.2, 0.25) is 0 Å². The standard InChI is InChI=1S/C15H29N3O2/c1-12(4-3-11-19)17-15(20)14-5-2-10-18(14)13-6-8-16-9-7-13/h12-14,16,19H,2-11H2,1H3,(H,17,20). The number of aliphatic hydroxyl groups is 1. The molecule has 0 aromatic rings. The van der Waals surface area contributed by atoms with Crippen molar-refractivity contribution in [2.24, 2.45) is 0 Å². The minimum atomic E-state index is 0.0645. The number of piperidine rings is 1. The normalized spacial score (nSPS) is 26.6.